The standard InChI is InChI=1S/C28H32N4O2/c1-4-14-32(15-5-2)18-23-17-22(8-11-27(23)33)28-31-26(19-34-28)21-6-9-24(10-7-21)30-25-12-13-29-20(3)16-25/h6-13,16-17,19,33H,4-5,14-15,18H2,1-3H3,(H,29,30). The quantitative estimate of drug-likeness (QED) is 0.274. The van der Waals surface area contributed by atoms with E-state index in [4.69, 9.17) is 9.40 Å². The summed E-state index contributed by atoms with van der Waals surface area (Å²) in [5.41, 5.74) is 6.46. The third-order valence-corrected chi connectivity index (χ3v) is 5.67. The maximum absolute atomic E-state index is 10.4. The summed E-state index contributed by atoms with van der Waals surface area (Å²) in [6.45, 7) is 9.05. The second-order valence-electron chi connectivity index (χ2n) is 8.55. The van der Waals surface area contributed by atoms with Crippen LogP contribution in [0.1, 0.15) is 37.9 Å². The van der Waals surface area contributed by atoms with Gasteiger partial charge in [-0.15, -0.1) is 0 Å². The number of aryl methyl sites for hydroxylation is 1. The second kappa shape index (κ2) is 11.0. The van der Waals surface area contributed by atoms with Gasteiger partial charge in [-0.3, -0.25) is 9.88 Å². The van der Waals surface area contributed by atoms with Crippen LogP contribution in [-0.4, -0.2) is 33.1 Å². The fourth-order valence-electron chi connectivity index (χ4n) is 4.04. The van der Waals surface area contributed by atoms with Gasteiger partial charge in [0.2, 0.25) is 5.89 Å². The first-order chi connectivity index (χ1) is 16.6. The monoisotopic (exact) mass is 456 g/mol. The van der Waals surface area contributed by atoms with Crippen LogP contribution < -0.4 is 5.32 Å². The number of aromatic nitrogens is 2. The third kappa shape index (κ3) is 5.83. The highest BCUT2D eigenvalue weighted by atomic mass is 16.3. The molecule has 0 amide bonds. The Morgan fingerprint density at radius 3 is 2.35 bits per heavy atom. The smallest absolute Gasteiger partial charge is 0.226 e. The number of benzene rings is 2. The molecule has 6 nitrogen and oxygen atoms in total. The van der Waals surface area contributed by atoms with Gasteiger partial charge in [-0.25, -0.2) is 4.98 Å². The number of nitrogens with zero attached hydrogens (tertiary/aromatic N) is 3. The number of anilines is 2. The largest absolute Gasteiger partial charge is 0.508 e. The number of pyridine rings is 1. The minimum Gasteiger partial charge on any atom is -0.508 e. The van der Waals surface area contributed by atoms with Gasteiger partial charge in [0.15, 0.2) is 0 Å². The molecule has 2 aromatic carbocycles. The number of oxazole rings is 1. The lowest BCUT2D eigenvalue weighted by Crippen LogP contribution is -2.24. The molecule has 4 aromatic rings. The van der Waals surface area contributed by atoms with Crippen LogP contribution in [0.25, 0.3) is 22.7 Å². The van der Waals surface area contributed by atoms with Gasteiger partial charge in [0.05, 0.1) is 0 Å². The third-order valence-electron chi connectivity index (χ3n) is 5.67. The normalized spacial score (nSPS) is 11.2. The predicted octanol–water partition coefficient (Wildman–Crippen LogP) is 6.78. The minimum absolute atomic E-state index is 0.306. The minimum atomic E-state index is 0.306. The average molecular weight is 457 g/mol. The van der Waals surface area contributed by atoms with Gasteiger partial charge in [0, 0.05) is 46.5 Å². The van der Waals surface area contributed by atoms with Crippen LogP contribution in [0.3, 0.4) is 0 Å². The van der Waals surface area contributed by atoms with E-state index in [-0.39, 0.29) is 0 Å². The molecule has 0 spiro atoms. The lowest BCUT2D eigenvalue weighted by Gasteiger charge is -2.21. The van der Waals surface area contributed by atoms with Crippen LogP contribution in [0.15, 0.2) is 71.5 Å². The number of hydrogen-bond donors (Lipinski definition) is 2. The van der Waals surface area contributed by atoms with E-state index in [2.05, 4.69) is 29.0 Å². The van der Waals surface area contributed by atoms with Crippen molar-refractivity contribution in [3.63, 3.8) is 0 Å². The number of nitrogens with one attached hydrogen (secondary N) is 1. The molecule has 0 saturated carbocycles. The summed E-state index contributed by atoms with van der Waals surface area (Å²) < 4.78 is 5.81. The molecule has 0 bridgehead atoms. The lowest BCUT2D eigenvalue weighted by atomic mass is 10.1. The van der Waals surface area contributed by atoms with Crippen LogP contribution in [0, 0.1) is 6.92 Å². The molecule has 0 saturated heterocycles. The highest BCUT2D eigenvalue weighted by Gasteiger charge is 2.13. The molecule has 2 N–H and O–H groups in total. The van der Waals surface area contributed by atoms with E-state index in [0.717, 1.165) is 65.4 Å². The molecule has 34 heavy (non-hydrogen) atoms. The van der Waals surface area contributed by atoms with Gasteiger partial charge in [0.1, 0.15) is 17.7 Å². The molecule has 0 aliphatic rings. The molecule has 0 aliphatic carbocycles. The molecular weight excluding hydrogens is 424 g/mol. The highest BCUT2D eigenvalue weighted by molar-refractivity contribution is 5.68. The zero-order valence-electron chi connectivity index (χ0n) is 20.1. The van der Waals surface area contributed by atoms with E-state index in [1.165, 1.54) is 0 Å². The molecule has 2 heterocycles. The van der Waals surface area contributed by atoms with Crippen molar-refractivity contribution in [2.24, 2.45) is 0 Å². The van der Waals surface area contributed by atoms with Crippen LogP contribution in [-0.2, 0) is 6.54 Å². The van der Waals surface area contributed by atoms with Crippen LogP contribution >= 0.6 is 0 Å². The number of phenolic OH excluding ortho intramolecular Hbond substituents is 1. The Kier molecular flexibility index (Phi) is 7.60. The summed E-state index contributed by atoms with van der Waals surface area (Å²) >= 11 is 0. The van der Waals surface area contributed by atoms with Crippen molar-refractivity contribution in [3.05, 3.63) is 78.3 Å². The Bertz CT molecular complexity index is 1210. The number of aromatic hydroxyl groups is 1. The number of phenols is 1. The first-order valence-corrected chi connectivity index (χ1v) is 11.9. The zero-order chi connectivity index (χ0) is 23.9. The number of rotatable bonds is 10. The van der Waals surface area contributed by atoms with Gasteiger partial charge in [-0.2, -0.15) is 0 Å². The Morgan fingerprint density at radius 2 is 1.65 bits per heavy atom. The van der Waals surface area contributed by atoms with Crippen LogP contribution in [0.4, 0.5) is 11.4 Å². The summed E-state index contributed by atoms with van der Waals surface area (Å²) in [5.74, 6) is 0.850. The molecule has 176 valence electrons. The maximum Gasteiger partial charge on any atom is 0.226 e. The van der Waals surface area contributed by atoms with Gasteiger partial charge in [-0.1, -0.05) is 26.0 Å². The van der Waals surface area contributed by atoms with Crippen molar-refractivity contribution in [2.75, 3.05) is 18.4 Å². The van der Waals surface area contributed by atoms with Gasteiger partial charge < -0.3 is 14.8 Å². The topological polar surface area (TPSA) is 74.4 Å². The van der Waals surface area contributed by atoms with Crippen molar-refractivity contribution < 1.29 is 9.52 Å². The molecule has 0 unspecified atom stereocenters. The number of hydrogen-bond acceptors (Lipinski definition) is 6. The van der Waals surface area contributed by atoms with E-state index < -0.39 is 0 Å². The van der Waals surface area contributed by atoms with Gasteiger partial charge in [0.25, 0.3) is 0 Å². The fourth-order valence-corrected chi connectivity index (χ4v) is 4.04. The average Bonchev–Trinajstić information content (AvgIpc) is 3.32. The molecule has 6 heteroatoms. The Morgan fingerprint density at radius 1 is 0.912 bits per heavy atom. The molecule has 0 aliphatic heterocycles. The Hall–Kier alpha value is -3.64. The molecule has 2 aromatic heterocycles. The van der Waals surface area contributed by atoms with Crippen molar-refractivity contribution in [1.82, 2.24) is 14.9 Å². The molecule has 0 fully saturated rings. The first-order valence-electron chi connectivity index (χ1n) is 11.9. The second-order valence-corrected chi connectivity index (χ2v) is 8.55. The van der Waals surface area contributed by atoms with E-state index in [9.17, 15) is 5.11 Å². The highest BCUT2D eigenvalue weighted by Crippen LogP contribution is 2.30. The van der Waals surface area contributed by atoms with Gasteiger partial charge >= 0.3 is 0 Å². The van der Waals surface area contributed by atoms with E-state index >= 15 is 0 Å². The van der Waals surface area contributed by atoms with E-state index in [1.54, 1.807) is 18.5 Å². The summed E-state index contributed by atoms with van der Waals surface area (Å²) in [4.78, 5) is 11.3. The Balaban J connectivity index is 1.49. The zero-order valence-corrected chi connectivity index (χ0v) is 20.1. The predicted molar refractivity (Wildman–Crippen MR) is 137 cm³/mol. The molecule has 0 atom stereocenters. The summed E-state index contributed by atoms with van der Waals surface area (Å²) in [6.07, 6.45) is 5.64. The Labute approximate surface area is 201 Å². The summed E-state index contributed by atoms with van der Waals surface area (Å²) in [5, 5.41) is 13.8. The SMILES string of the molecule is CCCN(CCC)Cc1cc(-c2nc(-c3ccc(Nc4ccnc(C)c4)cc3)co2)ccc1O. The van der Waals surface area contributed by atoms with Crippen molar-refractivity contribution in [1.29, 1.82) is 0 Å². The summed E-state index contributed by atoms with van der Waals surface area (Å²) in [7, 11) is 0. The van der Waals surface area contributed by atoms with Crippen molar-refractivity contribution in [3.8, 4) is 28.5 Å². The molecule has 4 rings (SSSR count). The maximum atomic E-state index is 10.4. The first kappa shape index (κ1) is 23.5. The summed E-state index contributed by atoms with van der Waals surface area (Å²) in [6, 6.07) is 17.6. The fraction of sp³-hybridized carbons (Fsp3) is 0.286. The molecule has 0 radical (unpaired) electrons. The van der Waals surface area contributed by atoms with Crippen molar-refractivity contribution in [2.45, 2.75) is 40.2 Å². The van der Waals surface area contributed by atoms with Crippen LogP contribution in [0.5, 0.6) is 5.75 Å². The van der Waals surface area contributed by atoms with E-state index in [0.29, 0.717) is 18.2 Å². The molecular formula is C28H32N4O2. The van der Waals surface area contributed by atoms with Crippen LogP contribution in [0.2, 0.25) is 0 Å². The lowest BCUT2D eigenvalue weighted by molar-refractivity contribution is 0.263. The van der Waals surface area contributed by atoms with E-state index in [1.807, 2.05) is 55.5 Å². The van der Waals surface area contributed by atoms with Crippen molar-refractivity contribution >= 4 is 11.4 Å². The van der Waals surface area contributed by atoms with Gasteiger partial charge in [-0.05, 0) is 75.3 Å².